The number of benzene rings is 2. The lowest BCUT2D eigenvalue weighted by Crippen LogP contribution is -2.49. The number of carboxylic acids is 1. The number of nitrogens with zero attached hydrogens (tertiary/aromatic N) is 3. The number of pyridine rings is 1. The van der Waals surface area contributed by atoms with Gasteiger partial charge in [0, 0.05) is 38.3 Å². The molecule has 0 saturated carbocycles. The Hall–Kier alpha value is -3.87. The molecule has 0 radical (unpaired) electrons. The van der Waals surface area contributed by atoms with E-state index in [1.165, 1.54) is 28.5 Å². The first-order valence-electron chi connectivity index (χ1n) is 10.7. The fourth-order valence-corrected chi connectivity index (χ4v) is 4.50. The monoisotopic (exact) mass is 429 g/mol. The second kappa shape index (κ2) is 8.34. The van der Waals surface area contributed by atoms with Crippen LogP contribution in [0.2, 0.25) is 0 Å². The number of piperazine rings is 1. The van der Waals surface area contributed by atoms with Gasteiger partial charge >= 0.3 is 12.1 Å². The molecule has 0 spiro atoms. The number of ether oxygens (including phenoxy) is 1. The van der Waals surface area contributed by atoms with Gasteiger partial charge in [0.1, 0.15) is 12.4 Å². The van der Waals surface area contributed by atoms with Gasteiger partial charge in [-0.25, -0.2) is 14.6 Å². The third kappa shape index (κ3) is 3.66. The van der Waals surface area contributed by atoms with Gasteiger partial charge in [0.05, 0.1) is 5.56 Å². The first-order chi connectivity index (χ1) is 15.6. The highest BCUT2D eigenvalue weighted by Gasteiger charge is 2.30. The molecule has 0 atom stereocenters. The van der Waals surface area contributed by atoms with Crippen molar-refractivity contribution in [2.75, 3.05) is 37.7 Å². The van der Waals surface area contributed by atoms with Crippen LogP contribution in [0.15, 0.2) is 66.9 Å². The highest BCUT2D eigenvalue weighted by atomic mass is 16.6. The average Bonchev–Trinajstić information content (AvgIpc) is 3.16. The van der Waals surface area contributed by atoms with E-state index >= 15 is 0 Å². The predicted molar refractivity (Wildman–Crippen MR) is 120 cm³/mol. The zero-order chi connectivity index (χ0) is 22.1. The zero-order valence-corrected chi connectivity index (χ0v) is 17.5. The number of carboxylic acid groups (broad SMARTS) is 1. The average molecular weight is 429 g/mol. The minimum absolute atomic E-state index is 0.0459. The van der Waals surface area contributed by atoms with Crippen LogP contribution in [-0.2, 0) is 4.74 Å². The maximum absolute atomic E-state index is 12.7. The standard InChI is InChI=1S/C25H23N3O4/c29-24(30)17-9-10-23(26-15-17)27-11-13-28(14-12-27)25(31)32-16-22-20-7-3-1-5-18(20)19-6-2-4-8-21(19)22/h1-10,15,22H,11-14,16H2,(H,29,30). The summed E-state index contributed by atoms with van der Waals surface area (Å²) in [6.45, 7) is 2.59. The quantitative estimate of drug-likeness (QED) is 0.678. The lowest BCUT2D eigenvalue weighted by molar-refractivity contribution is 0.0696. The highest BCUT2D eigenvalue weighted by Crippen LogP contribution is 2.44. The van der Waals surface area contributed by atoms with Gasteiger partial charge in [-0.05, 0) is 34.4 Å². The van der Waals surface area contributed by atoms with Gasteiger partial charge in [-0.2, -0.15) is 0 Å². The molecule has 5 rings (SSSR count). The number of rotatable bonds is 4. The summed E-state index contributed by atoms with van der Waals surface area (Å²) < 4.78 is 5.75. The highest BCUT2D eigenvalue weighted by molar-refractivity contribution is 5.87. The Kier molecular flexibility index (Phi) is 5.23. The molecule has 1 saturated heterocycles. The van der Waals surface area contributed by atoms with Crippen molar-refractivity contribution in [1.82, 2.24) is 9.88 Å². The van der Waals surface area contributed by atoms with Gasteiger partial charge in [0.15, 0.2) is 0 Å². The van der Waals surface area contributed by atoms with Crippen LogP contribution in [-0.4, -0.2) is 59.8 Å². The van der Waals surface area contributed by atoms with E-state index in [0.717, 1.165) is 0 Å². The van der Waals surface area contributed by atoms with Gasteiger partial charge in [-0.1, -0.05) is 48.5 Å². The van der Waals surface area contributed by atoms with Crippen molar-refractivity contribution >= 4 is 17.9 Å². The van der Waals surface area contributed by atoms with E-state index in [0.29, 0.717) is 38.6 Å². The van der Waals surface area contributed by atoms with Crippen molar-refractivity contribution in [2.45, 2.75) is 5.92 Å². The Balaban J connectivity index is 1.20. The lowest BCUT2D eigenvalue weighted by Gasteiger charge is -2.35. The molecule has 1 aliphatic heterocycles. The van der Waals surface area contributed by atoms with Crippen LogP contribution in [0.25, 0.3) is 11.1 Å². The van der Waals surface area contributed by atoms with E-state index in [4.69, 9.17) is 9.84 Å². The van der Waals surface area contributed by atoms with Crippen LogP contribution in [0.5, 0.6) is 0 Å². The normalized spacial score (nSPS) is 15.2. The number of amides is 1. The SMILES string of the molecule is O=C(O)c1ccc(N2CCN(C(=O)OCC3c4ccccc4-c4ccccc43)CC2)nc1. The number of hydrogen-bond donors (Lipinski definition) is 1. The smallest absolute Gasteiger partial charge is 0.409 e. The Morgan fingerprint density at radius 1 is 0.906 bits per heavy atom. The van der Waals surface area contributed by atoms with Crippen molar-refractivity contribution in [2.24, 2.45) is 0 Å². The zero-order valence-electron chi connectivity index (χ0n) is 17.5. The summed E-state index contributed by atoms with van der Waals surface area (Å²) in [5.74, 6) is -0.240. The number of carbonyl (C=O) groups is 2. The Morgan fingerprint density at radius 2 is 1.53 bits per heavy atom. The second-order valence-electron chi connectivity index (χ2n) is 7.99. The number of hydrogen-bond acceptors (Lipinski definition) is 5. The fourth-order valence-electron chi connectivity index (χ4n) is 4.50. The molecular weight excluding hydrogens is 406 g/mol. The van der Waals surface area contributed by atoms with Crippen LogP contribution in [0, 0.1) is 0 Å². The predicted octanol–water partition coefficient (Wildman–Crippen LogP) is 3.85. The first kappa shape index (κ1) is 20.1. The second-order valence-corrected chi connectivity index (χ2v) is 7.99. The molecule has 2 aliphatic rings. The molecule has 7 heteroatoms. The molecule has 7 nitrogen and oxygen atoms in total. The van der Waals surface area contributed by atoms with Crippen LogP contribution >= 0.6 is 0 Å². The third-order valence-electron chi connectivity index (χ3n) is 6.19. The van der Waals surface area contributed by atoms with Crippen LogP contribution in [0.1, 0.15) is 27.4 Å². The van der Waals surface area contributed by atoms with Crippen LogP contribution < -0.4 is 4.90 Å². The summed E-state index contributed by atoms with van der Waals surface area (Å²) in [4.78, 5) is 31.7. The molecule has 3 aromatic rings. The molecule has 1 fully saturated rings. The van der Waals surface area contributed by atoms with E-state index in [2.05, 4.69) is 29.2 Å². The molecule has 1 N–H and O–H groups in total. The molecule has 0 bridgehead atoms. The van der Waals surface area contributed by atoms with Crippen molar-refractivity contribution < 1.29 is 19.4 Å². The van der Waals surface area contributed by atoms with Crippen molar-refractivity contribution in [3.63, 3.8) is 0 Å². The summed E-state index contributed by atoms with van der Waals surface area (Å²) >= 11 is 0. The fraction of sp³-hybridized carbons (Fsp3) is 0.240. The summed E-state index contributed by atoms with van der Waals surface area (Å²) in [5, 5.41) is 9.01. The molecule has 0 unspecified atom stereocenters. The molecule has 2 aromatic carbocycles. The summed E-state index contributed by atoms with van der Waals surface area (Å²) in [6, 6.07) is 19.8. The number of aromatic nitrogens is 1. The largest absolute Gasteiger partial charge is 0.478 e. The number of carbonyl (C=O) groups excluding carboxylic acids is 1. The molecular formula is C25H23N3O4. The van der Waals surface area contributed by atoms with Gasteiger partial charge in [0.2, 0.25) is 0 Å². The van der Waals surface area contributed by atoms with Gasteiger partial charge < -0.3 is 19.6 Å². The van der Waals surface area contributed by atoms with Crippen molar-refractivity contribution in [3.05, 3.63) is 83.6 Å². The van der Waals surface area contributed by atoms with Crippen LogP contribution in [0.4, 0.5) is 10.6 Å². The van der Waals surface area contributed by atoms with Gasteiger partial charge in [0.25, 0.3) is 0 Å². The molecule has 32 heavy (non-hydrogen) atoms. The Morgan fingerprint density at radius 3 is 2.09 bits per heavy atom. The maximum Gasteiger partial charge on any atom is 0.409 e. The molecule has 1 amide bonds. The van der Waals surface area contributed by atoms with Crippen molar-refractivity contribution in [1.29, 1.82) is 0 Å². The maximum atomic E-state index is 12.7. The van der Waals surface area contributed by atoms with Gasteiger partial charge in [-0.15, -0.1) is 0 Å². The van der Waals surface area contributed by atoms with Gasteiger partial charge in [-0.3, -0.25) is 0 Å². The van der Waals surface area contributed by atoms with Crippen molar-refractivity contribution in [3.8, 4) is 11.1 Å². The summed E-state index contributed by atoms with van der Waals surface area (Å²) in [5.41, 5.74) is 4.97. The van der Waals surface area contributed by atoms with E-state index in [1.54, 1.807) is 17.0 Å². The minimum Gasteiger partial charge on any atom is -0.478 e. The molecule has 1 aromatic heterocycles. The molecule has 2 heterocycles. The Bertz CT molecular complexity index is 1110. The lowest BCUT2D eigenvalue weighted by atomic mass is 9.98. The number of aromatic carboxylic acids is 1. The topological polar surface area (TPSA) is 83.0 Å². The van der Waals surface area contributed by atoms with E-state index in [1.807, 2.05) is 29.2 Å². The van der Waals surface area contributed by atoms with E-state index < -0.39 is 5.97 Å². The van der Waals surface area contributed by atoms with E-state index in [-0.39, 0.29) is 17.6 Å². The Labute approximate surface area is 185 Å². The minimum atomic E-state index is -0.996. The molecule has 162 valence electrons. The summed E-state index contributed by atoms with van der Waals surface area (Å²) in [7, 11) is 0. The van der Waals surface area contributed by atoms with E-state index in [9.17, 15) is 9.59 Å². The number of anilines is 1. The third-order valence-corrected chi connectivity index (χ3v) is 6.19. The molecule has 1 aliphatic carbocycles. The first-order valence-corrected chi connectivity index (χ1v) is 10.7. The summed E-state index contributed by atoms with van der Waals surface area (Å²) in [6.07, 6.45) is 1.05. The number of fused-ring (bicyclic) bond motifs is 3. The van der Waals surface area contributed by atoms with Crippen LogP contribution in [0.3, 0.4) is 0 Å².